The van der Waals surface area contributed by atoms with Crippen LogP contribution in [0.4, 0.5) is 11.4 Å². The van der Waals surface area contributed by atoms with Gasteiger partial charge in [-0.25, -0.2) is 0 Å². The monoisotopic (exact) mass is 175 g/mol. The Bertz CT molecular complexity index is 325. The van der Waals surface area contributed by atoms with E-state index in [-0.39, 0.29) is 0 Å². The molecule has 0 spiro atoms. The summed E-state index contributed by atoms with van der Waals surface area (Å²) in [6, 6.07) is 7.52. The highest BCUT2D eigenvalue weighted by Gasteiger charge is 2.03. The van der Waals surface area contributed by atoms with Crippen LogP contribution in [0.5, 0.6) is 0 Å². The number of benzene rings is 1. The third kappa shape index (κ3) is 2.12. The lowest BCUT2D eigenvalue weighted by atomic mass is 10.1. The molecule has 1 aromatic carbocycles. The standard InChI is InChI=1S/C10H13N3/c1-2-6-13-10-5-3-4-9(12)8(10)7-11/h3-5,13H,2,6,12H2,1H3. The van der Waals surface area contributed by atoms with Gasteiger partial charge in [-0.15, -0.1) is 0 Å². The molecule has 0 amide bonds. The Morgan fingerprint density at radius 1 is 1.54 bits per heavy atom. The lowest BCUT2D eigenvalue weighted by Gasteiger charge is -2.07. The molecular weight excluding hydrogens is 162 g/mol. The van der Waals surface area contributed by atoms with Gasteiger partial charge >= 0.3 is 0 Å². The Morgan fingerprint density at radius 3 is 2.92 bits per heavy atom. The minimum Gasteiger partial charge on any atom is -0.398 e. The maximum absolute atomic E-state index is 8.83. The van der Waals surface area contributed by atoms with Crippen LogP contribution in [-0.2, 0) is 0 Å². The van der Waals surface area contributed by atoms with Crippen molar-refractivity contribution >= 4 is 11.4 Å². The van der Waals surface area contributed by atoms with E-state index in [1.807, 2.05) is 12.1 Å². The number of nitrogens with one attached hydrogen (secondary N) is 1. The molecule has 13 heavy (non-hydrogen) atoms. The molecule has 0 saturated heterocycles. The van der Waals surface area contributed by atoms with Gasteiger partial charge in [0.1, 0.15) is 6.07 Å². The summed E-state index contributed by atoms with van der Waals surface area (Å²) in [5.74, 6) is 0. The molecule has 0 saturated carbocycles. The zero-order valence-corrected chi connectivity index (χ0v) is 7.67. The van der Waals surface area contributed by atoms with Gasteiger partial charge in [0.05, 0.1) is 16.9 Å². The molecule has 0 radical (unpaired) electrons. The largest absolute Gasteiger partial charge is 0.398 e. The lowest BCUT2D eigenvalue weighted by Crippen LogP contribution is -2.03. The molecule has 0 aliphatic carbocycles. The average Bonchev–Trinajstić information content (AvgIpc) is 2.15. The lowest BCUT2D eigenvalue weighted by molar-refractivity contribution is 0.979. The molecule has 0 unspecified atom stereocenters. The fraction of sp³-hybridized carbons (Fsp3) is 0.300. The summed E-state index contributed by atoms with van der Waals surface area (Å²) in [5.41, 5.74) is 7.53. The molecule has 0 aromatic heterocycles. The van der Waals surface area contributed by atoms with Crippen LogP contribution in [0.1, 0.15) is 18.9 Å². The molecule has 3 N–H and O–H groups in total. The second-order valence-electron chi connectivity index (χ2n) is 2.81. The maximum atomic E-state index is 8.83. The van der Waals surface area contributed by atoms with Gasteiger partial charge in [-0.3, -0.25) is 0 Å². The highest BCUT2D eigenvalue weighted by molar-refractivity contribution is 5.69. The van der Waals surface area contributed by atoms with Crippen molar-refractivity contribution in [2.45, 2.75) is 13.3 Å². The van der Waals surface area contributed by atoms with Crippen molar-refractivity contribution in [2.75, 3.05) is 17.6 Å². The molecule has 1 aromatic rings. The second kappa shape index (κ2) is 4.36. The normalized spacial score (nSPS) is 9.23. The second-order valence-corrected chi connectivity index (χ2v) is 2.81. The van der Waals surface area contributed by atoms with Crippen LogP contribution in [0, 0.1) is 11.3 Å². The van der Waals surface area contributed by atoms with Crippen LogP contribution in [0.2, 0.25) is 0 Å². The molecule has 1 rings (SSSR count). The summed E-state index contributed by atoms with van der Waals surface area (Å²) in [5, 5.41) is 12.0. The van der Waals surface area contributed by atoms with Crippen LogP contribution in [0.15, 0.2) is 18.2 Å². The van der Waals surface area contributed by atoms with Crippen LogP contribution >= 0.6 is 0 Å². The quantitative estimate of drug-likeness (QED) is 0.690. The smallest absolute Gasteiger partial charge is 0.103 e. The Balaban J connectivity index is 2.93. The molecule has 0 heterocycles. The highest BCUT2D eigenvalue weighted by atomic mass is 14.9. The summed E-state index contributed by atoms with van der Waals surface area (Å²) in [4.78, 5) is 0. The van der Waals surface area contributed by atoms with Gasteiger partial charge in [0, 0.05) is 6.54 Å². The molecule has 3 heteroatoms. The Morgan fingerprint density at radius 2 is 2.31 bits per heavy atom. The molecule has 0 aliphatic rings. The summed E-state index contributed by atoms with van der Waals surface area (Å²) < 4.78 is 0. The third-order valence-electron chi connectivity index (χ3n) is 1.77. The summed E-state index contributed by atoms with van der Waals surface area (Å²) in [6.07, 6.45) is 1.03. The molecule has 3 nitrogen and oxygen atoms in total. The van der Waals surface area contributed by atoms with E-state index in [4.69, 9.17) is 11.0 Å². The van der Waals surface area contributed by atoms with E-state index in [0.717, 1.165) is 18.7 Å². The number of nitrogens with two attached hydrogens (primary N) is 1. The van der Waals surface area contributed by atoms with Gasteiger partial charge < -0.3 is 11.1 Å². The number of nitriles is 1. The van der Waals surface area contributed by atoms with Gasteiger partial charge in [-0.05, 0) is 18.6 Å². The number of rotatable bonds is 3. The van der Waals surface area contributed by atoms with E-state index in [1.54, 1.807) is 6.07 Å². The predicted molar refractivity (Wildman–Crippen MR) is 54.4 cm³/mol. The van der Waals surface area contributed by atoms with Crippen molar-refractivity contribution in [1.29, 1.82) is 5.26 Å². The van der Waals surface area contributed by atoms with Crippen LogP contribution in [-0.4, -0.2) is 6.54 Å². The van der Waals surface area contributed by atoms with E-state index in [9.17, 15) is 0 Å². The van der Waals surface area contributed by atoms with Gasteiger partial charge in [0.25, 0.3) is 0 Å². The molecule has 0 atom stereocenters. The van der Waals surface area contributed by atoms with Crippen molar-refractivity contribution in [3.05, 3.63) is 23.8 Å². The number of hydrogen-bond acceptors (Lipinski definition) is 3. The van der Waals surface area contributed by atoms with E-state index in [1.165, 1.54) is 0 Å². The first-order valence-electron chi connectivity index (χ1n) is 4.32. The van der Waals surface area contributed by atoms with Gasteiger partial charge in [0.15, 0.2) is 0 Å². The van der Waals surface area contributed by atoms with E-state index in [2.05, 4.69) is 18.3 Å². The summed E-state index contributed by atoms with van der Waals surface area (Å²) >= 11 is 0. The molecule has 0 fully saturated rings. The number of nitrogen functional groups attached to an aromatic ring is 1. The Hall–Kier alpha value is -1.69. The van der Waals surface area contributed by atoms with E-state index in [0.29, 0.717) is 11.3 Å². The van der Waals surface area contributed by atoms with Crippen LogP contribution in [0.25, 0.3) is 0 Å². The summed E-state index contributed by atoms with van der Waals surface area (Å²) in [6.45, 7) is 2.93. The number of anilines is 2. The van der Waals surface area contributed by atoms with Gasteiger partial charge in [-0.2, -0.15) is 5.26 Å². The van der Waals surface area contributed by atoms with Crippen molar-refractivity contribution in [3.63, 3.8) is 0 Å². The number of nitrogens with zero attached hydrogens (tertiary/aromatic N) is 1. The van der Waals surface area contributed by atoms with Gasteiger partial charge in [-0.1, -0.05) is 13.0 Å². The molecule has 0 aliphatic heterocycles. The molecular formula is C10H13N3. The van der Waals surface area contributed by atoms with Gasteiger partial charge in [0.2, 0.25) is 0 Å². The van der Waals surface area contributed by atoms with Crippen molar-refractivity contribution < 1.29 is 0 Å². The minimum atomic E-state index is 0.531. The highest BCUT2D eigenvalue weighted by Crippen LogP contribution is 2.20. The fourth-order valence-electron chi connectivity index (χ4n) is 1.10. The van der Waals surface area contributed by atoms with E-state index >= 15 is 0 Å². The van der Waals surface area contributed by atoms with Crippen LogP contribution in [0.3, 0.4) is 0 Å². The predicted octanol–water partition coefficient (Wildman–Crippen LogP) is 1.96. The van der Waals surface area contributed by atoms with E-state index < -0.39 is 0 Å². The first kappa shape index (κ1) is 9.40. The number of hydrogen-bond donors (Lipinski definition) is 2. The zero-order chi connectivity index (χ0) is 9.68. The van der Waals surface area contributed by atoms with Crippen LogP contribution < -0.4 is 11.1 Å². The van der Waals surface area contributed by atoms with Crippen molar-refractivity contribution in [3.8, 4) is 6.07 Å². The first-order valence-corrected chi connectivity index (χ1v) is 4.32. The third-order valence-corrected chi connectivity index (χ3v) is 1.77. The minimum absolute atomic E-state index is 0.531. The fourth-order valence-corrected chi connectivity index (χ4v) is 1.10. The average molecular weight is 175 g/mol. The maximum Gasteiger partial charge on any atom is 0.103 e. The van der Waals surface area contributed by atoms with Crippen molar-refractivity contribution in [2.24, 2.45) is 0 Å². The topological polar surface area (TPSA) is 61.8 Å². The summed E-state index contributed by atoms with van der Waals surface area (Å²) in [7, 11) is 0. The van der Waals surface area contributed by atoms with Crippen molar-refractivity contribution in [1.82, 2.24) is 0 Å². The Kier molecular flexibility index (Phi) is 3.15. The SMILES string of the molecule is CCCNc1cccc(N)c1C#N. The zero-order valence-electron chi connectivity index (χ0n) is 7.67. The molecule has 0 bridgehead atoms. The Labute approximate surface area is 78.2 Å². The molecule has 68 valence electrons. The first-order chi connectivity index (χ1) is 6.29.